The number of aryl methyl sites for hydroxylation is 1. The molecule has 0 atom stereocenters. The summed E-state index contributed by atoms with van der Waals surface area (Å²) < 4.78 is 6.20. The molecule has 0 spiro atoms. The van der Waals surface area contributed by atoms with E-state index in [0.29, 0.717) is 5.75 Å². The van der Waals surface area contributed by atoms with Gasteiger partial charge in [0.25, 0.3) is 22.9 Å². The van der Waals surface area contributed by atoms with E-state index in [1.807, 2.05) is 13.0 Å². The Morgan fingerprint density at radius 3 is 2.46 bits per heavy atom. The summed E-state index contributed by atoms with van der Waals surface area (Å²) >= 11 is 0. The number of hydrazine groups is 1. The van der Waals surface area contributed by atoms with Gasteiger partial charge in [-0.05, 0) is 36.8 Å². The number of nitrogens with zero attached hydrogens (tertiary/aromatic N) is 1. The van der Waals surface area contributed by atoms with Gasteiger partial charge in [0.2, 0.25) is 0 Å². The summed E-state index contributed by atoms with van der Waals surface area (Å²) in [6.45, 7) is 1.14. The smallest absolute Gasteiger partial charge is 0.276 e. The van der Waals surface area contributed by atoms with Crippen LogP contribution in [0.15, 0.2) is 58.1 Å². The number of nitrogens with one attached hydrogen (secondary N) is 3. The molecular formula is C19H18N4O5. The van der Waals surface area contributed by atoms with E-state index < -0.39 is 29.5 Å². The Morgan fingerprint density at radius 1 is 1.00 bits per heavy atom. The molecule has 144 valence electrons. The Morgan fingerprint density at radius 2 is 1.71 bits per heavy atom. The predicted molar refractivity (Wildman–Crippen MR) is 102 cm³/mol. The molecule has 0 saturated carbocycles. The highest BCUT2D eigenvalue weighted by molar-refractivity contribution is 5.83. The number of hydrogen-bond donors (Lipinski definition) is 3. The summed E-state index contributed by atoms with van der Waals surface area (Å²) in [5, 5.41) is 2.78. The summed E-state index contributed by atoms with van der Waals surface area (Å²) in [5.41, 5.74) is 4.35. The highest BCUT2D eigenvalue weighted by Crippen LogP contribution is 2.11. The number of carbonyl (C=O) groups excluding carboxylic acids is 2. The number of rotatable bonds is 5. The lowest BCUT2D eigenvalue weighted by atomic mass is 10.2. The van der Waals surface area contributed by atoms with E-state index in [0.717, 1.165) is 10.2 Å². The highest BCUT2D eigenvalue weighted by atomic mass is 16.5. The van der Waals surface area contributed by atoms with Gasteiger partial charge < -0.3 is 4.74 Å². The molecule has 0 aliphatic heterocycles. The van der Waals surface area contributed by atoms with E-state index in [2.05, 4.69) is 16.0 Å². The van der Waals surface area contributed by atoms with E-state index >= 15 is 0 Å². The van der Waals surface area contributed by atoms with E-state index in [1.165, 1.54) is 12.1 Å². The number of H-pyrrole nitrogens is 1. The zero-order valence-corrected chi connectivity index (χ0v) is 15.0. The van der Waals surface area contributed by atoms with Gasteiger partial charge in [0.15, 0.2) is 6.61 Å². The second kappa shape index (κ2) is 8.21. The van der Waals surface area contributed by atoms with Crippen LogP contribution in [0.25, 0.3) is 10.8 Å². The van der Waals surface area contributed by atoms with E-state index in [1.54, 1.807) is 30.3 Å². The average molecular weight is 382 g/mol. The Kier molecular flexibility index (Phi) is 5.54. The molecule has 9 nitrogen and oxygen atoms in total. The lowest BCUT2D eigenvalue weighted by molar-refractivity contribution is -0.130. The minimum atomic E-state index is -0.683. The van der Waals surface area contributed by atoms with Crippen molar-refractivity contribution in [3.63, 3.8) is 0 Å². The van der Waals surface area contributed by atoms with Crippen LogP contribution < -0.4 is 26.7 Å². The highest BCUT2D eigenvalue weighted by Gasteiger charge is 2.11. The Labute approximate surface area is 158 Å². The number of benzene rings is 2. The largest absolute Gasteiger partial charge is 0.484 e. The van der Waals surface area contributed by atoms with Crippen molar-refractivity contribution < 1.29 is 14.3 Å². The monoisotopic (exact) mass is 382 g/mol. The average Bonchev–Trinajstić information content (AvgIpc) is 2.69. The van der Waals surface area contributed by atoms with Crippen LogP contribution in [0.4, 0.5) is 0 Å². The fourth-order valence-electron chi connectivity index (χ4n) is 2.57. The van der Waals surface area contributed by atoms with Crippen molar-refractivity contribution in [2.75, 3.05) is 6.61 Å². The molecule has 2 amide bonds. The van der Waals surface area contributed by atoms with Gasteiger partial charge >= 0.3 is 0 Å². The molecule has 0 radical (unpaired) electrons. The number of carbonyl (C=O) groups is 2. The maximum Gasteiger partial charge on any atom is 0.276 e. The topological polar surface area (TPSA) is 122 Å². The molecule has 3 rings (SSSR count). The number of aromatic nitrogens is 2. The lowest BCUT2D eigenvalue weighted by Gasteiger charge is -2.10. The standard InChI is InChI=1S/C19H18N4O5/c1-12-5-4-6-13(9-12)28-11-17(25)21-20-16(24)10-23-19(27)15-8-3-2-7-14(15)18(26)22-23/h2-9H,10-11H2,1H3,(H,20,24)(H,21,25)(H,22,26). The van der Waals surface area contributed by atoms with Crippen LogP contribution in [0.3, 0.4) is 0 Å². The van der Waals surface area contributed by atoms with Crippen molar-refractivity contribution in [3.8, 4) is 5.75 Å². The van der Waals surface area contributed by atoms with Crippen LogP contribution in [-0.2, 0) is 16.1 Å². The Hall–Kier alpha value is -3.88. The van der Waals surface area contributed by atoms with Crippen LogP contribution in [0, 0.1) is 6.92 Å². The third-order valence-corrected chi connectivity index (χ3v) is 3.89. The third kappa shape index (κ3) is 4.44. The minimum Gasteiger partial charge on any atom is -0.484 e. The van der Waals surface area contributed by atoms with Gasteiger partial charge in [-0.3, -0.25) is 35.1 Å². The van der Waals surface area contributed by atoms with Crippen molar-refractivity contribution >= 4 is 22.6 Å². The SMILES string of the molecule is Cc1cccc(OCC(=O)NNC(=O)Cn2[nH]c(=O)c3ccccc3c2=O)c1. The van der Waals surface area contributed by atoms with Gasteiger partial charge in [0.05, 0.1) is 10.8 Å². The molecular weight excluding hydrogens is 364 g/mol. The number of hydrogen-bond acceptors (Lipinski definition) is 5. The quantitative estimate of drug-likeness (QED) is 0.545. The van der Waals surface area contributed by atoms with Gasteiger partial charge in [-0.25, -0.2) is 4.68 Å². The summed E-state index contributed by atoms with van der Waals surface area (Å²) in [4.78, 5) is 48.1. The number of aromatic amines is 1. The summed E-state index contributed by atoms with van der Waals surface area (Å²) in [6, 6.07) is 13.5. The predicted octanol–water partition coefficient (Wildman–Crippen LogP) is 0.225. The van der Waals surface area contributed by atoms with Crippen LogP contribution >= 0.6 is 0 Å². The molecule has 1 aromatic heterocycles. The zero-order valence-electron chi connectivity index (χ0n) is 15.0. The summed E-state index contributed by atoms with van der Waals surface area (Å²) in [7, 11) is 0. The summed E-state index contributed by atoms with van der Waals surface area (Å²) in [5.74, 6) is -0.729. The number of ether oxygens (including phenoxy) is 1. The zero-order chi connectivity index (χ0) is 20.1. The molecule has 0 saturated heterocycles. The van der Waals surface area contributed by atoms with Gasteiger partial charge in [-0.15, -0.1) is 0 Å². The van der Waals surface area contributed by atoms with Crippen molar-refractivity contribution in [2.24, 2.45) is 0 Å². The van der Waals surface area contributed by atoms with Gasteiger partial charge in [0.1, 0.15) is 12.3 Å². The van der Waals surface area contributed by atoms with Crippen LogP contribution in [0.1, 0.15) is 5.56 Å². The molecule has 1 heterocycles. The maximum absolute atomic E-state index is 12.3. The fraction of sp³-hybridized carbons (Fsp3) is 0.158. The first-order valence-electron chi connectivity index (χ1n) is 8.43. The Bertz CT molecular complexity index is 1150. The Balaban J connectivity index is 1.56. The second-order valence-electron chi connectivity index (χ2n) is 6.08. The molecule has 9 heteroatoms. The number of fused-ring (bicyclic) bond motifs is 1. The van der Waals surface area contributed by atoms with E-state index in [-0.39, 0.29) is 17.4 Å². The van der Waals surface area contributed by atoms with Gasteiger partial charge in [0, 0.05) is 0 Å². The fourth-order valence-corrected chi connectivity index (χ4v) is 2.57. The number of amides is 2. The minimum absolute atomic E-state index is 0.203. The molecule has 28 heavy (non-hydrogen) atoms. The molecule has 3 N–H and O–H groups in total. The van der Waals surface area contributed by atoms with Gasteiger partial charge in [-0.1, -0.05) is 24.3 Å². The molecule has 0 aliphatic rings. The lowest BCUT2D eigenvalue weighted by Crippen LogP contribution is -2.46. The molecule has 0 fully saturated rings. The van der Waals surface area contributed by atoms with Crippen LogP contribution in [0.2, 0.25) is 0 Å². The molecule has 0 unspecified atom stereocenters. The van der Waals surface area contributed by atoms with Crippen LogP contribution in [0.5, 0.6) is 5.75 Å². The maximum atomic E-state index is 12.3. The summed E-state index contributed by atoms with van der Waals surface area (Å²) in [6.07, 6.45) is 0. The first-order valence-corrected chi connectivity index (χ1v) is 8.43. The third-order valence-electron chi connectivity index (χ3n) is 3.89. The normalized spacial score (nSPS) is 10.5. The van der Waals surface area contributed by atoms with Crippen molar-refractivity contribution in [3.05, 3.63) is 74.8 Å². The van der Waals surface area contributed by atoms with Gasteiger partial charge in [-0.2, -0.15) is 0 Å². The molecule has 0 aliphatic carbocycles. The van der Waals surface area contributed by atoms with E-state index in [4.69, 9.17) is 4.74 Å². The van der Waals surface area contributed by atoms with Crippen molar-refractivity contribution in [1.82, 2.24) is 20.6 Å². The molecule has 2 aromatic carbocycles. The second-order valence-corrected chi connectivity index (χ2v) is 6.08. The molecule has 0 bridgehead atoms. The van der Waals surface area contributed by atoms with Crippen molar-refractivity contribution in [2.45, 2.75) is 13.5 Å². The van der Waals surface area contributed by atoms with Crippen molar-refractivity contribution in [1.29, 1.82) is 0 Å². The van der Waals surface area contributed by atoms with E-state index in [9.17, 15) is 19.2 Å². The molecule has 3 aromatic rings. The first kappa shape index (κ1) is 18.9. The first-order chi connectivity index (χ1) is 13.4. The van der Waals surface area contributed by atoms with Crippen LogP contribution in [-0.4, -0.2) is 28.2 Å².